The maximum Gasteiger partial charge on any atom is 0.185 e. The molecule has 0 bridgehead atoms. The lowest BCUT2D eigenvalue weighted by Crippen LogP contribution is -2.14. The second kappa shape index (κ2) is 4.95. The van der Waals surface area contributed by atoms with Crippen molar-refractivity contribution >= 4 is 27.8 Å². The van der Waals surface area contributed by atoms with Gasteiger partial charge in [0.05, 0.1) is 6.54 Å². The molecule has 0 aliphatic rings. The van der Waals surface area contributed by atoms with Gasteiger partial charge in [0.25, 0.3) is 0 Å². The molecule has 1 unspecified atom stereocenters. The van der Waals surface area contributed by atoms with Gasteiger partial charge in [0.2, 0.25) is 0 Å². The minimum Gasteiger partial charge on any atom is -0.346 e. The Morgan fingerprint density at radius 1 is 1.56 bits per heavy atom. The summed E-state index contributed by atoms with van der Waals surface area (Å²) in [6.07, 6.45) is 1.87. The van der Waals surface area contributed by atoms with Gasteiger partial charge in [-0.25, -0.2) is 4.98 Å². The molecule has 2 aromatic rings. The van der Waals surface area contributed by atoms with E-state index in [-0.39, 0.29) is 6.04 Å². The molecule has 0 aliphatic heterocycles. The van der Waals surface area contributed by atoms with E-state index < -0.39 is 0 Å². The lowest BCUT2D eigenvalue weighted by Gasteiger charge is -2.14. The lowest BCUT2D eigenvalue weighted by molar-refractivity contribution is 0.835. The van der Waals surface area contributed by atoms with Crippen molar-refractivity contribution in [3.05, 3.63) is 33.5 Å². The summed E-state index contributed by atoms with van der Waals surface area (Å²) in [6.45, 7) is 2.89. The van der Waals surface area contributed by atoms with Crippen LogP contribution < -0.4 is 10.6 Å². The molecule has 86 valence electrons. The molecule has 2 rings (SSSR count). The number of hydrogen-bond acceptors (Lipinski definition) is 5. The van der Waals surface area contributed by atoms with Gasteiger partial charge < -0.3 is 10.6 Å². The molecule has 0 saturated heterocycles. The summed E-state index contributed by atoms with van der Waals surface area (Å²) in [5, 5.41) is 3.12. The molecule has 3 nitrogen and oxygen atoms in total. The average molecular weight is 253 g/mol. The predicted octanol–water partition coefficient (Wildman–Crippen LogP) is 2.86. The van der Waals surface area contributed by atoms with Crippen LogP contribution >= 0.6 is 22.7 Å². The van der Waals surface area contributed by atoms with Gasteiger partial charge in [-0.1, -0.05) is 6.07 Å². The van der Waals surface area contributed by atoms with Crippen molar-refractivity contribution in [3.8, 4) is 0 Å². The number of hydrogen-bond donors (Lipinski definition) is 1. The number of nitrogens with zero attached hydrogens (tertiary/aromatic N) is 2. The first-order chi connectivity index (χ1) is 7.66. The Bertz CT molecular complexity index is 434. The monoisotopic (exact) mass is 253 g/mol. The summed E-state index contributed by atoms with van der Waals surface area (Å²) in [5.74, 6) is 0. The first-order valence-corrected chi connectivity index (χ1v) is 6.81. The lowest BCUT2D eigenvalue weighted by atomic mass is 10.3. The summed E-state index contributed by atoms with van der Waals surface area (Å²) >= 11 is 3.43. The summed E-state index contributed by atoms with van der Waals surface area (Å²) in [7, 11) is 2.06. The maximum absolute atomic E-state index is 5.82. The van der Waals surface area contributed by atoms with Crippen LogP contribution in [0.25, 0.3) is 0 Å². The van der Waals surface area contributed by atoms with Crippen LogP contribution in [-0.4, -0.2) is 12.0 Å². The van der Waals surface area contributed by atoms with E-state index in [9.17, 15) is 0 Å². The highest BCUT2D eigenvalue weighted by Crippen LogP contribution is 2.26. The van der Waals surface area contributed by atoms with Gasteiger partial charge in [0.1, 0.15) is 0 Å². The maximum atomic E-state index is 5.82. The number of aromatic nitrogens is 1. The van der Waals surface area contributed by atoms with Gasteiger partial charge in [0, 0.05) is 29.0 Å². The van der Waals surface area contributed by atoms with Crippen molar-refractivity contribution in [2.24, 2.45) is 5.73 Å². The van der Waals surface area contributed by atoms with Crippen molar-refractivity contribution in [1.82, 2.24) is 4.98 Å². The Balaban J connectivity index is 2.06. The SMILES string of the molecule is CC(N)c1cnc(N(C)Cc2cccs2)s1. The molecular formula is C11H15N3S2. The predicted molar refractivity (Wildman–Crippen MR) is 71.1 cm³/mol. The molecule has 0 spiro atoms. The Kier molecular flexibility index (Phi) is 3.58. The van der Waals surface area contributed by atoms with E-state index >= 15 is 0 Å². The zero-order valence-electron chi connectivity index (χ0n) is 9.38. The van der Waals surface area contributed by atoms with Gasteiger partial charge in [-0.05, 0) is 18.4 Å². The van der Waals surface area contributed by atoms with Crippen molar-refractivity contribution in [1.29, 1.82) is 0 Å². The minimum absolute atomic E-state index is 0.0707. The normalized spacial score (nSPS) is 12.7. The first kappa shape index (κ1) is 11.6. The summed E-state index contributed by atoms with van der Waals surface area (Å²) in [6, 6.07) is 4.28. The van der Waals surface area contributed by atoms with Gasteiger partial charge in [0.15, 0.2) is 5.13 Å². The third-order valence-electron chi connectivity index (χ3n) is 2.26. The van der Waals surface area contributed by atoms with Gasteiger partial charge in [-0.15, -0.1) is 22.7 Å². The highest BCUT2D eigenvalue weighted by Gasteiger charge is 2.10. The number of thiazole rings is 1. The Morgan fingerprint density at radius 3 is 2.94 bits per heavy atom. The van der Waals surface area contributed by atoms with Crippen LogP contribution in [0.4, 0.5) is 5.13 Å². The number of nitrogens with two attached hydrogens (primary N) is 1. The Morgan fingerprint density at radius 2 is 2.38 bits per heavy atom. The highest BCUT2D eigenvalue weighted by molar-refractivity contribution is 7.15. The molecule has 0 saturated carbocycles. The average Bonchev–Trinajstić information content (AvgIpc) is 2.86. The van der Waals surface area contributed by atoms with E-state index in [0.29, 0.717) is 0 Å². The quantitative estimate of drug-likeness (QED) is 0.911. The van der Waals surface area contributed by atoms with E-state index in [2.05, 4.69) is 34.4 Å². The van der Waals surface area contributed by atoms with Crippen molar-refractivity contribution in [2.45, 2.75) is 19.5 Å². The molecule has 0 radical (unpaired) electrons. The van der Waals surface area contributed by atoms with Gasteiger partial charge in [-0.2, -0.15) is 0 Å². The molecule has 0 amide bonds. The standard InChI is InChI=1S/C11H15N3S2/c1-8(12)10-6-13-11(16-10)14(2)7-9-4-3-5-15-9/h3-6,8H,7,12H2,1-2H3. The van der Waals surface area contributed by atoms with Crippen LogP contribution in [0.1, 0.15) is 22.7 Å². The molecule has 5 heteroatoms. The summed E-state index contributed by atoms with van der Waals surface area (Å²) < 4.78 is 0. The second-order valence-electron chi connectivity index (χ2n) is 3.77. The molecular weight excluding hydrogens is 238 g/mol. The number of rotatable bonds is 4. The third kappa shape index (κ3) is 2.61. The second-order valence-corrected chi connectivity index (χ2v) is 5.84. The molecule has 2 heterocycles. The third-order valence-corrected chi connectivity index (χ3v) is 4.43. The summed E-state index contributed by atoms with van der Waals surface area (Å²) in [4.78, 5) is 9.02. The molecule has 2 aromatic heterocycles. The zero-order chi connectivity index (χ0) is 11.5. The van der Waals surface area contributed by atoms with Crippen LogP contribution in [0.2, 0.25) is 0 Å². The van der Waals surface area contributed by atoms with Crippen molar-refractivity contribution in [2.75, 3.05) is 11.9 Å². The van der Waals surface area contributed by atoms with E-state index in [1.165, 1.54) is 4.88 Å². The Labute approximate surface area is 104 Å². The molecule has 2 N–H and O–H groups in total. The van der Waals surface area contributed by atoms with Crippen LogP contribution in [0.5, 0.6) is 0 Å². The zero-order valence-corrected chi connectivity index (χ0v) is 11.0. The molecule has 16 heavy (non-hydrogen) atoms. The highest BCUT2D eigenvalue weighted by atomic mass is 32.1. The van der Waals surface area contributed by atoms with E-state index in [0.717, 1.165) is 16.6 Å². The molecule has 1 atom stereocenters. The van der Waals surface area contributed by atoms with Gasteiger partial charge in [-0.3, -0.25) is 0 Å². The first-order valence-electron chi connectivity index (χ1n) is 5.11. The topological polar surface area (TPSA) is 42.1 Å². The van der Waals surface area contributed by atoms with Crippen LogP contribution in [0.3, 0.4) is 0 Å². The van der Waals surface area contributed by atoms with E-state index in [1.807, 2.05) is 13.1 Å². The van der Waals surface area contributed by atoms with Crippen molar-refractivity contribution < 1.29 is 0 Å². The van der Waals surface area contributed by atoms with Gasteiger partial charge >= 0.3 is 0 Å². The Hall–Kier alpha value is -0.910. The van der Waals surface area contributed by atoms with E-state index in [1.54, 1.807) is 22.7 Å². The molecule has 0 aromatic carbocycles. The number of thiophene rings is 1. The van der Waals surface area contributed by atoms with Crippen LogP contribution in [-0.2, 0) is 6.54 Å². The number of anilines is 1. The minimum atomic E-state index is 0.0707. The van der Waals surface area contributed by atoms with Crippen molar-refractivity contribution in [3.63, 3.8) is 0 Å². The summed E-state index contributed by atoms with van der Waals surface area (Å²) in [5.41, 5.74) is 5.82. The van der Waals surface area contributed by atoms with Crippen LogP contribution in [0, 0.1) is 0 Å². The smallest absolute Gasteiger partial charge is 0.185 e. The fourth-order valence-corrected chi connectivity index (χ4v) is 2.95. The van der Waals surface area contributed by atoms with Crippen LogP contribution in [0.15, 0.2) is 23.7 Å². The fraction of sp³-hybridized carbons (Fsp3) is 0.364. The molecule has 0 fully saturated rings. The fourth-order valence-electron chi connectivity index (χ4n) is 1.37. The largest absolute Gasteiger partial charge is 0.346 e. The molecule has 0 aliphatic carbocycles. The van der Waals surface area contributed by atoms with E-state index in [4.69, 9.17) is 5.73 Å².